The Morgan fingerprint density at radius 3 is 1.00 bits per heavy atom. The first-order valence-electron chi connectivity index (χ1n) is 3.18. The summed E-state index contributed by atoms with van der Waals surface area (Å²) in [6.45, 7) is 7.00. The molecule has 0 fully saturated rings. The number of rotatable bonds is 2. The molecule has 0 amide bonds. The van der Waals surface area contributed by atoms with Crippen LogP contribution < -0.4 is 0 Å². The summed E-state index contributed by atoms with van der Waals surface area (Å²) in [5.74, 6) is -2.80. The van der Waals surface area contributed by atoms with Crippen LogP contribution in [0.15, 0.2) is 25.3 Å². The van der Waals surface area contributed by atoms with Crippen LogP contribution in [0.1, 0.15) is 6.92 Å². The lowest BCUT2D eigenvalue weighted by atomic mass is 10.7. The van der Waals surface area contributed by atoms with E-state index in [-0.39, 0.29) is 11.0 Å². The number of aliphatic carboxylic acids is 3. The van der Waals surface area contributed by atoms with E-state index in [1.165, 1.54) is 0 Å². The molecule has 0 unspecified atom stereocenters. The third-order valence-corrected chi connectivity index (χ3v) is 0.349. The highest BCUT2D eigenvalue weighted by Gasteiger charge is 1.73. The maximum absolute atomic E-state index is 9.25. The van der Waals surface area contributed by atoms with Gasteiger partial charge in [0.15, 0.2) is 0 Å². The van der Waals surface area contributed by atoms with E-state index in [1.807, 2.05) is 0 Å². The standard InChI is InChI=1S/2C3H4O2.C2H4O2.H4Si/c2*1-2-3(4)5;1-2(3)4;/h2*2H,1H2,(H,4,5);1H3,(H,3,4);1H4. The van der Waals surface area contributed by atoms with Gasteiger partial charge in [-0.15, -0.1) is 0 Å². The molecule has 0 aliphatic carbocycles. The van der Waals surface area contributed by atoms with Gasteiger partial charge in [0.05, 0.1) is 0 Å². The van der Waals surface area contributed by atoms with Gasteiger partial charge >= 0.3 is 11.9 Å². The normalized spacial score (nSPS) is 5.93. The van der Waals surface area contributed by atoms with Crippen molar-refractivity contribution in [3.63, 3.8) is 0 Å². The Balaban J connectivity index is -0.0000000590. The maximum atomic E-state index is 9.25. The molecule has 0 bridgehead atoms. The van der Waals surface area contributed by atoms with Crippen molar-refractivity contribution >= 4 is 28.9 Å². The molecule has 88 valence electrons. The minimum absolute atomic E-state index is 0. The van der Waals surface area contributed by atoms with Crippen LogP contribution in [0.5, 0.6) is 0 Å². The second kappa shape index (κ2) is 18.0. The largest absolute Gasteiger partial charge is 0.481 e. The molecule has 15 heavy (non-hydrogen) atoms. The molecule has 0 atom stereocenters. The van der Waals surface area contributed by atoms with Crippen molar-refractivity contribution in [2.45, 2.75) is 6.92 Å². The Bertz CT molecular complexity index is 201. The van der Waals surface area contributed by atoms with Gasteiger partial charge in [0.2, 0.25) is 0 Å². The highest BCUT2D eigenvalue weighted by molar-refractivity contribution is 5.79. The summed E-state index contributed by atoms with van der Waals surface area (Å²) in [4.78, 5) is 27.5. The number of hydrogen-bond donors (Lipinski definition) is 3. The molecule has 0 radical (unpaired) electrons. The van der Waals surface area contributed by atoms with Gasteiger partial charge in [0.1, 0.15) is 0 Å². The van der Waals surface area contributed by atoms with E-state index < -0.39 is 17.9 Å². The topological polar surface area (TPSA) is 112 Å². The minimum atomic E-state index is -0.981. The molecule has 0 aliphatic heterocycles. The minimum Gasteiger partial charge on any atom is -0.481 e. The van der Waals surface area contributed by atoms with E-state index in [9.17, 15) is 9.59 Å². The average Bonchev–Trinajstić information content (AvgIpc) is 2.04. The zero-order chi connectivity index (χ0) is 12.1. The molecule has 0 aliphatic rings. The van der Waals surface area contributed by atoms with Crippen LogP contribution in [-0.4, -0.2) is 44.2 Å². The van der Waals surface area contributed by atoms with E-state index in [0.717, 1.165) is 19.1 Å². The molecule has 0 aromatic heterocycles. The van der Waals surface area contributed by atoms with Crippen molar-refractivity contribution in [1.29, 1.82) is 0 Å². The molecule has 7 heteroatoms. The van der Waals surface area contributed by atoms with E-state index in [1.54, 1.807) is 0 Å². The summed E-state index contributed by atoms with van der Waals surface area (Å²) < 4.78 is 0. The van der Waals surface area contributed by atoms with Crippen molar-refractivity contribution in [2.24, 2.45) is 0 Å². The number of hydrogen-bond acceptors (Lipinski definition) is 3. The number of carboxylic acid groups (broad SMARTS) is 3. The molecule has 0 heterocycles. The van der Waals surface area contributed by atoms with Crippen LogP contribution >= 0.6 is 0 Å². The van der Waals surface area contributed by atoms with Gasteiger partial charge in [0, 0.05) is 19.1 Å². The second-order valence-corrected chi connectivity index (χ2v) is 1.60. The van der Waals surface area contributed by atoms with Crippen molar-refractivity contribution in [3.05, 3.63) is 25.3 Å². The Labute approximate surface area is 91.6 Å². The Morgan fingerprint density at radius 1 is 0.933 bits per heavy atom. The first kappa shape index (κ1) is 23.2. The monoisotopic (exact) mass is 236 g/mol. The van der Waals surface area contributed by atoms with Gasteiger partial charge in [-0.05, 0) is 11.0 Å². The maximum Gasteiger partial charge on any atom is 0.327 e. The third kappa shape index (κ3) is 279. The zero-order valence-corrected chi connectivity index (χ0v) is 7.64. The highest BCUT2D eigenvalue weighted by Crippen LogP contribution is 1.55. The summed E-state index contributed by atoms with van der Waals surface area (Å²) >= 11 is 0. The van der Waals surface area contributed by atoms with Crippen molar-refractivity contribution in [1.82, 2.24) is 0 Å². The lowest BCUT2D eigenvalue weighted by Gasteiger charge is -1.64. The summed E-state index contributed by atoms with van der Waals surface area (Å²) in [6, 6.07) is 0. The SMILES string of the molecule is C=CC(=O)O.C=CC(=O)O.CC(=O)O.[SiH4]. The molecular formula is C8H16O6Si. The van der Waals surface area contributed by atoms with Crippen LogP contribution in [0.3, 0.4) is 0 Å². The van der Waals surface area contributed by atoms with E-state index in [2.05, 4.69) is 13.2 Å². The highest BCUT2D eigenvalue weighted by atomic mass is 28.1. The molecule has 6 nitrogen and oxygen atoms in total. The Morgan fingerprint density at radius 2 is 1.00 bits per heavy atom. The molecule has 0 aromatic rings. The fraction of sp³-hybridized carbons (Fsp3) is 0.125. The van der Waals surface area contributed by atoms with E-state index >= 15 is 0 Å². The molecule has 3 N–H and O–H groups in total. The number of carbonyl (C=O) groups is 3. The van der Waals surface area contributed by atoms with Crippen molar-refractivity contribution in [2.75, 3.05) is 0 Å². The van der Waals surface area contributed by atoms with Gasteiger partial charge < -0.3 is 15.3 Å². The van der Waals surface area contributed by atoms with Gasteiger partial charge in [-0.25, -0.2) is 9.59 Å². The van der Waals surface area contributed by atoms with Gasteiger partial charge in [-0.1, -0.05) is 13.2 Å². The summed E-state index contributed by atoms with van der Waals surface area (Å²) in [7, 11) is 0. The fourth-order valence-corrected chi connectivity index (χ4v) is 0. The van der Waals surface area contributed by atoms with E-state index in [4.69, 9.17) is 20.1 Å². The van der Waals surface area contributed by atoms with Gasteiger partial charge in [0.25, 0.3) is 5.97 Å². The predicted octanol–water partition coefficient (Wildman–Crippen LogP) is -0.847. The summed E-state index contributed by atoms with van der Waals surface area (Å²) in [5.41, 5.74) is 0. The molecular weight excluding hydrogens is 220 g/mol. The Hall–Kier alpha value is -1.89. The fourth-order valence-electron chi connectivity index (χ4n) is 0. The lowest BCUT2D eigenvalue weighted by Crippen LogP contribution is -1.82. The van der Waals surface area contributed by atoms with Crippen LogP contribution in [0.2, 0.25) is 0 Å². The second-order valence-electron chi connectivity index (χ2n) is 1.60. The molecule has 0 spiro atoms. The molecule has 0 saturated carbocycles. The van der Waals surface area contributed by atoms with Crippen LogP contribution in [0, 0.1) is 0 Å². The summed E-state index contributed by atoms with van der Waals surface area (Å²) in [5, 5.41) is 22.6. The molecule has 0 rings (SSSR count). The summed E-state index contributed by atoms with van der Waals surface area (Å²) in [6.07, 6.45) is 1.67. The van der Waals surface area contributed by atoms with Crippen molar-refractivity contribution < 1.29 is 29.7 Å². The first-order valence-corrected chi connectivity index (χ1v) is 3.18. The lowest BCUT2D eigenvalue weighted by molar-refractivity contribution is -0.134. The predicted molar refractivity (Wildman–Crippen MR) is 60.3 cm³/mol. The van der Waals surface area contributed by atoms with Crippen molar-refractivity contribution in [3.8, 4) is 0 Å². The molecule has 0 aromatic carbocycles. The zero-order valence-electron chi connectivity index (χ0n) is 7.64. The average molecular weight is 236 g/mol. The van der Waals surface area contributed by atoms with Crippen LogP contribution in [0.4, 0.5) is 0 Å². The number of carboxylic acids is 3. The quantitative estimate of drug-likeness (QED) is 0.425. The van der Waals surface area contributed by atoms with E-state index in [0.29, 0.717) is 0 Å². The van der Waals surface area contributed by atoms with Crippen LogP contribution in [0.25, 0.3) is 0 Å². The first-order chi connectivity index (χ1) is 6.27. The molecule has 0 saturated heterocycles. The van der Waals surface area contributed by atoms with Gasteiger partial charge in [-0.2, -0.15) is 0 Å². The Kier molecular flexibility index (Phi) is 27.8. The van der Waals surface area contributed by atoms with Crippen LogP contribution in [-0.2, 0) is 14.4 Å². The van der Waals surface area contributed by atoms with Gasteiger partial charge in [-0.3, -0.25) is 4.79 Å². The third-order valence-electron chi connectivity index (χ3n) is 0.349. The smallest absolute Gasteiger partial charge is 0.327 e.